The normalized spacial score (nSPS) is 38.6. The Morgan fingerprint density at radius 3 is 3.00 bits per heavy atom. The van der Waals surface area contributed by atoms with E-state index in [0.29, 0.717) is 11.3 Å². The maximum Gasteiger partial charge on any atom is 0.302 e. The van der Waals surface area contributed by atoms with Crippen molar-refractivity contribution in [1.29, 1.82) is 0 Å². The van der Waals surface area contributed by atoms with Crippen LogP contribution in [0.5, 0.6) is 0 Å². The van der Waals surface area contributed by atoms with Gasteiger partial charge in [-0.05, 0) is 37.0 Å². The molecular formula is C14H22O2. The van der Waals surface area contributed by atoms with Gasteiger partial charge in [0.15, 0.2) is 0 Å². The largest absolute Gasteiger partial charge is 0.462 e. The third-order valence-electron chi connectivity index (χ3n) is 4.24. The van der Waals surface area contributed by atoms with E-state index in [4.69, 9.17) is 4.74 Å². The van der Waals surface area contributed by atoms with Crippen molar-refractivity contribution >= 4 is 5.97 Å². The minimum atomic E-state index is -0.142. The Kier molecular flexibility index (Phi) is 3.09. The molecule has 16 heavy (non-hydrogen) atoms. The lowest BCUT2D eigenvalue weighted by molar-refractivity contribution is -0.150. The first-order valence-electron chi connectivity index (χ1n) is 6.38. The number of carbonyl (C=O) groups excluding carboxylic acids is 1. The molecule has 0 N–H and O–H groups in total. The second-order valence-electron chi connectivity index (χ2n) is 5.72. The SMILES string of the molecule is CC(=O)O[C@H]1CC2=CCCC[C@]2(C)CC1C. The predicted octanol–water partition coefficient (Wildman–Crippen LogP) is 3.46. The average molecular weight is 222 g/mol. The highest BCUT2D eigenvalue weighted by Crippen LogP contribution is 2.49. The number of hydrogen-bond acceptors (Lipinski definition) is 2. The third kappa shape index (κ3) is 2.16. The summed E-state index contributed by atoms with van der Waals surface area (Å²) in [6.07, 6.45) is 8.42. The highest BCUT2D eigenvalue weighted by atomic mass is 16.5. The van der Waals surface area contributed by atoms with Crippen LogP contribution in [0, 0.1) is 11.3 Å². The summed E-state index contributed by atoms with van der Waals surface area (Å²) >= 11 is 0. The van der Waals surface area contributed by atoms with Crippen molar-refractivity contribution in [3.63, 3.8) is 0 Å². The van der Waals surface area contributed by atoms with E-state index in [-0.39, 0.29) is 12.1 Å². The molecule has 0 aromatic rings. The van der Waals surface area contributed by atoms with Crippen molar-refractivity contribution in [2.75, 3.05) is 0 Å². The fourth-order valence-electron chi connectivity index (χ4n) is 3.37. The quantitative estimate of drug-likeness (QED) is 0.501. The molecule has 0 aromatic heterocycles. The van der Waals surface area contributed by atoms with E-state index in [1.54, 1.807) is 0 Å². The molecule has 3 atom stereocenters. The minimum absolute atomic E-state index is 0.106. The second kappa shape index (κ2) is 4.23. The first kappa shape index (κ1) is 11.7. The van der Waals surface area contributed by atoms with Gasteiger partial charge in [0.1, 0.15) is 6.10 Å². The molecule has 0 radical (unpaired) electrons. The van der Waals surface area contributed by atoms with Crippen LogP contribution in [0.1, 0.15) is 52.9 Å². The van der Waals surface area contributed by atoms with Gasteiger partial charge in [-0.2, -0.15) is 0 Å². The smallest absolute Gasteiger partial charge is 0.302 e. The van der Waals surface area contributed by atoms with Gasteiger partial charge in [-0.25, -0.2) is 0 Å². The van der Waals surface area contributed by atoms with E-state index in [1.807, 2.05) is 0 Å². The second-order valence-corrected chi connectivity index (χ2v) is 5.72. The molecule has 0 spiro atoms. The van der Waals surface area contributed by atoms with E-state index in [2.05, 4.69) is 19.9 Å². The highest BCUT2D eigenvalue weighted by molar-refractivity contribution is 5.66. The third-order valence-corrected chi connectivity index (χ3v) is 4.24. The highest BCUT2D eigenvalue weighted by Gasteiger charge is 2.41. The van der Waals surface area contributed by atoms with Crippen molar-refractivity contribution in [2.45, 2.75) is 59.0 Å². The summed E-state index contributed by atoms with van der Waals surface area (Å²) in [4.78, 5) is 11.1. The van der Waals surface area contributed by atoms with Crippen molar-refractivity contribution < 1.29 is 9.53 Å². The summed E-state index contributed by atoms with van der Waals surface area (Å²) in [7, 11) is 0. The Morgan fingerprint density at radius 2 is 2.31 bits per heavy atom. The van der Waals surface area contributed by atoms with Crippen LogP contribution in [0.3, 0.4) is 0 Å². The molecule has 2 aliphatic rings. The number of ether oxygens (including phenoxy) is 1. The molecule has 2 rings (SSSR count). The summed E-state index contributed by atoms with van der Waals surface area (Å²) in [6, 6.07) is 0. The molecule has 0 aromatic carbocycles. The molecule has 90 valence electrons. The van der Waals surface area contributed by atoms with Gasteiger partial charge in [-0.3, -0.25) is 4.79 Å². The summed E-state index contributed by atoms with van der Waals surface area (Å²) in [5.41, 5.74) is 1.91. The fourth-order valence-corrected chi connectivity index (χ4v) is 3.37. The van der Waals surface area contributed by atoms with Crippen molar-refractivity contribution in [3.8, 4) is 0 Å². The van der Waals surface area contributed by atoms with Crippen LogP contribution < -0.4 is 0 Å². The van der Waals surface area contributed by atoms with Gasteiger partial charge in [-0.1, -0.05) is 25.5 Å². The number of hydrogen-bond donors (Lipinski definition) is 0. The zero-order chi connectivity index (χ0) is 11.8. The Morgan fingerprint density at radius 1 is 1.56 bits per heavy atom. The molecular weight excluding hydrogens is 200 g/mol. The molecule has 2 nitrogen and oxygen atoms in total. The Balaban J connectivity index is 2.13. The first-order valence-corrected chi connectivity index (χ1v) is 6.38. The summed E-state index contributed by atoms with van der Waals surface area (Å²) in [6.45, 7) is 6.10. The molecule has 0 aliphatic heterocycles. The van der Waals surface area contributed by atoms with Crippen LogP contribution in [0.25, 0.3) is 0 Å². The van der Waals surface area contributed by atoms with Gasteiger partial charge in [0, 0.05) is 13.3 Å². The van der Waals surface area contributed by atoms with Crippen LogP contribution in [0.4, 0.5) is 0 Å². The van der Waals surface area contributed by atoms with E-state index in [0.717, 1.165) is 12.8 Å². The maximum absolute atomic E-state index is 11.1. The maximum atomic E-state index is 11.1. The summed E-state index contributed by atoms with van der Waals surface area (Å²) in [5.74, 6) is 0.348. The van der Waals surface area contributed by atoms with E-state index in [9.17, 15) is 4.79 Å². The average Bonchev–Trinajstić information content (AvgIpc) is 2.18. The van der Waals surface area contributed by atoms with Crippen molar-refractivity contribution in [1.82, 2.24) is 0 Å². The molecule has 2 aliphatic carbocycles. The number of fused-ring (bicyclic) bond motifs is 1. The number of rotatable bonds is 1. The topological polar surface area (TPSA) is 26.3 Å². The first-order chi connectivity index (χ1) is 7.51. The molecule has 1 fully saturated rings. The molecule has 0 heterocycles. The van der Waals surface area contributed by atoms with Gasteiger partial charge < -0.3 is 4.74 Å². The molecule has 0 amide bonds. The van der Waals surface area contributed by atoms with Crippen LogP contribution in [0.15, 0.2) is 11.6 Å². The van der Waals surface area contributed by atoms with Crippen molar-refractivity contribution in [3.05, 3.63) is 11.6 Å². The van der Waals surface area contributed by atoms with E-state index < -0.39 is 0 Å². The van der Waals surface area contributed by atoms with Gasteiger partial charge in [0.2, 0.25) is 0 Å². The molecule has 0 bridgehead atoms. The Labute approximate surface area is 98.1 Å². The van der Waals surface area contributed by atoms with Crippen LogP contribution in [-0.2, 0) is 9.53 Å². The Bertz CT molecular complexity index is 319. The lowest BCUT2D eigenvalue weighted by Gasteiger charge is -2.45. The standard InChI is InChI=1S/C14H22O2/c1-10-9-14(3)7-5-4-6-12(14)8-13(10)16-11(2)15/h6,10,13H,4-5,7-9H2,1-3H3/t10?,13-,14+/m0/s1. The monoisotopic (exact) mass is 222 g/mol. The van der Waals surface area contributed by atoms with Gasteiger partial charge in [-0.15, -0.1) is 0 Å². The van der Waals surface area contributed by atoms with E-state index in [1.165, 1.54) is 31.8 Å². The van der Waals surface area contributed by atoms with Gasteiger partial charge in [0.05, 0.1) is 0 Å². The number of carbonyl (C=O) groups is 1. The zero-order valence-electron chi connectivity index (χ0n) is 10.6. The molecule has 0 saturated heterocycles. The van der Waals surface area contributed by atoms with Crippen molar-refractivity contribution in [2.24, 2.45) is 11.3 Å². The number of esters is 1. The molecule has 1 unspecified atom stereocenters. The van der Waals surface area contributed by atoms with Crippen LogP contribution >= 0.6 is 0 Å². The van der Waals surface area contributed by atoms with Crippen LogP contribution in [-0.4, -0.2) is 12.1 Å². The number of allylic oxidation sites excluding steroid dienone is 1. The Hall–Kier alpha value is -0.790. The van der Waals surface area contributed by atoms with Gasteiger partial charge >= 0.3 is 5.97 Å². The molecule has 2 heteroatoms. The van der Waals surface area contributed by atoms with Crippen LogP contribution in [0.2, 0.25) is 0 Å². The summed E-state index contributed by atoms with van der Waals surface area (Å²) in [5, 5.41) is 0. The van der Waals surface area contributed by atoms with E-state index >= 15 is 0 Å². The summed E-state index contributed by atoms with van der Waals surface area (Å²) < 4.78 is 5.42. The predicted molar refractivity (Wildman–Crippen MR) is 64.0 cm³/mol. The van der Waals surface area contributed by atoms with Gasteiger partial charge in [0.25, 0.3) is 0 Å². The lowest BCUT2D eigenvalue weighted by Crippen LogP contribution is -2.39. The fraction of sp³-hybridized carbons (Fsp3) is 0.786. The lowest BCUT2D eigenvalue weighted by atomic mass is 9.62. The molecule has 1 saturated carbocycles. The zero-order valence-corrected chi connectivity index (χ0v) is 10.6. The minimum Gasteiger partial charge on any atom is -0.462 e.